The molecule has 0 heterocycles. The van der Waals surface area contributed by atoms with E-state index in [-0.39, 0.29) is 11.8 Å². The molecule has 2 aromatic carbocycles. The lowest BCUT2D eigenvalue weighted by Crippen LogP contribution is -2.04. The van der Waals surface area contributed by atoms with Crippen LogP contribution in [0.1, 0.15) is 23.6 Å². The Kier molecular flexibility index (Phi) is 4.05. The fraction of sp³-hybridized carbons (Fsp3) is 0.211. The summed E-state index contributed by atoms with van der Waals surface area (Å²) in [6.07, 6.45) is 4.92. The molecule has 0 fully saturated rings. The van der Waals surface area contributed by atoms with Gasteiger partial charge in [-0.15, -0.1) is 0 Å². The van der Waals surface area contributed by atoms with Crippen LogP contribution in [0.4, 0.5) is 4.39 Å². The summed E-state index contributed by atoms with van der Waals surface area (Å²) in [5.74, 6) is -0.516. The molecule has 0 aliphatic heterocycles. The van der Waals surface area contributed by atoms with Crippen molar-refractivity contribution in [2.75, 3.05) is 6.61 Å². The molecule has 1 aliphatic rings. The molecule has 0 saturated carbocycles. The maximum atomic E-state index is 13.3. The number of carbonyl (C=O) groups is 1. The van der Waals surface area contributed by atoms with Gasteiger partial charge in [-0.05, 0) is 65.8 Å². The molecule has 0 bridgehead atoms. The monoisotopic (exact) mass is 296 g/mol. The number of halogens is 1. The van der Waals surface area contributed by atoms with Crippen LogP contribution in [-0.2, 0) is 22.4 Å². The zero-order chi connectivity index (χ0) is 15.5. The fourth-order valence-electron chi connectivity index (χ4n) is 2.84. The van der Waals surface area contributed by atoms with Crippen LogP contribution in [0.25, 0.3) is 17.2 Å². The van der Waals surface area contributed by atoms with E-state index in [1.54, 1.807) is 19.1 Å². The summed E-state index contributed by atoms with van der Waals surface area (Å²) in [5, 5.41) is 0. The molecule has 0 N–H and O–H groups in total. The van der Waals surface area contributed by atoms with Gasteiger partial charge in [-0.1, -0.05) is 24.3 Å². The molecule has 3 heteroatoms. The van der Waals surface area contributed by atoms with Gasteiger partial charge in [0, 0.05) is 6.08 Å². The highest BCUT2D eigenvalue weighted by Crippen LogP contribution is 2.34. The number of rotatable bonds is 3. The van der Waals surface area contributed by atoms with Crippen LogP contribution < -0.4 is 0 Å². The topological polar surface area (TPSA) is 26.3 Å². The van der Waals surface area contributed by atoms with E-state index in [0.29, 0.717) is 6.61 Å². The molecule has 112 valence electrons. The van der Waals surface area contributed by atoms with Crippen LogP contribution in [0.2, 0.25) is 0 Å². The number of esters is 1. The first-order chi connectivity index (χ1) is 10.7. The summed E-state index contributed by atoms with van der Waals surface area (Å²) < 4.78 is 18.2. The van der Waals surface area contributed by atoms with E-state index in [4.69, 9.17) is 4.74 Å². The van der Waals surface area contributed by atoms with E-state index in [2.05, 4.69) is 6.07 Å². The predicted molar refractivity (Wildman–Crippen MR) is 84.9 cm³/mol. The van der Waals surface area contributed by atoms with Crippen LogP contribution in [0, 0.1) is 5.82 Å². The highest BCUT2D eigenvalue weighted by Gasteiger charge is 2.16. The first-order valence-corrected chi connectivity index (χ1v) is 7.44. The molecule has 0 spiro atoms. The van der Waals surface area contributed by atoms with Gasteiger partial charge in [0.25, 0.3) is 0 Å². The minimum Gasteiger partial charge on any atom is -0.463 e. The third-order valence-corrected chi connectivity index (χ3v) is 3.85. The first kappa shape index (κ1) is 14.5. The smallest absolute Gasteiger partial charge is 0.330 e. The van der Waals surface area contributed by atoms with Gasteiger partial charge >= 0.3 is 5.97 Å². The second-order valence-corrected chi connectivity index (χ2v) is 5.30. The summed E-state index contributed by atoms with van der Waals surface area (Å²) in [6.45, 7) is 2.16. The summed E-state index contributed by atoms with van der Waals surface area (Å²) in [4.78, 5) is 11.4. The Morgan fingerprint density at radius 1 is 1.14 bits per heavy atom. The van der Waals surface area contributed by atoms with Crippen LogP contribution in [0.15, 0.2) is 42.5 Å². The number of fused-ring (bicyclic) bond motifs is 3. The van der Waals surface area contributed by atoms with Gasteiger partial charge in [-0.3, -0.25) is 0 Å². The first-order valence-electron chi connectivity index (χ1n) is 7.44. The number of benzene rings is 2. The van der Waals surface area contributed by atoms with Gasteiger partial charge in [0.15, 0.2) is 0 Å². The molecule has 0 radical (unpaired) electrons. The summed E-state index contributed by atoms with van der Waals surface area (Å²) in [7, 11) is 0. The highest BCUT2D eigenvalue weighted by molar-refractivity contribution is 5.87. The Bertz CT molecular complexity index is 747. The summed E-state index contributed by atoms with van der Waals surface area (Å²) in [5.41, 5.74) is 5.50. The highest BCUT2D eigenvalue weighted by atomic mass is 19.1. The SMILES string of the molecule is CCOC(=O)C=Cc1ccc2c(c1)CCc1cc(F)ccc1-2. The number of ether oxygens (including phenoxy) is 1. The largest absolute Gasteiger partial charge is 0.463 e. The Labute approximate surface area is 129 Å². The van der Waals surface area contributed by atoms with Crippen molar-refractivity contribution in [1.29, 1.82) is 0 Å². The Balaban J connectivity index is 1.90. The molecule has 2 aromatic rings. The van der Waals surface area contributed by atoms with Gasteiger partial charge in [-0.2, -0.15) is 0 Å². The third kappa shape index (κ3) is 2.93. The van der Waals surface area contributed by atoms with Crippen molar-refractivity contribution < 1.29 is 13.9 Å². The summed E-state index contributed by atoms with van der Waals surface area (Å²) in [6, 6.07) is 11.0. The number of hydrogen-bond donors (Lipinski definition) is 0. The molecule has 0 atom stereocenters. The number of aryl methyl sites for hydroxylation is 2. The molecule has 22 heavy (non-hydrogen) atoms. The number of carbonyl (C=O) groups excluding carboxylic acids is 1. The van der Waals surface area contributed by atoms with E-state index >= 15 is 0 Å². The van der Waals surface area contributed by atoms with E-state index in [9.17, 15) is 9.18 Å². The lowest BCUT2D eigenvalue weighted by atomic mass is 9.85. The second-order valence-electron chi connectivity index (χ2n) is 5.30. The maximum Gasteiger partial charge on any atom is 0.330 e. The fourth-order valence-corrected chi connectivity index (χ4v) is 2.84. The minimum atomic E-state index is -0.332. The van der Waals surface area contributed by atoms with Crippen LogP contribution in [0.5, 0.6) is 0 Å². The molecule has 3 rings (SSSR count). The van der Waals surface area contributed by atoms with Crippen LogP contribution in [-0.4, -0.2) is 12.6 Å². The number of hydrogen-bond acceptors (Lipinski definition) is 2. The Morgan fingerprint density at radius 3 is 2.55 bits per heavy atom. The lowest BCUT2D eigenvalue weighted by molar-refractivity contribution is -0.137. The predicted octanol–water partition coefficient (Wildman–Crippen LogP) is 4.17. The molecular formula is C19H17FO2. The quantitative estimate of drug-likeness (QED) is 0.628. The zero-order valence-corrected chi connectivity index (χ0v) is 12.4. The van der Waals surface area contributed by atoms with Crippen molar-refractivity contribution in [1.82, 2.24) is 0 Å². The second kappa shape index (κ2) is 6.14. The van der Waals surface area contributed by atoms with Gasteiger partial charge < -0.3 is 4.74 Å². The van der Waals surface area contributed by atoms with Crippen molar-refractivity contribution >= 4 is 12.0 Å². The van der Waals surface area contributed by atoms with Crippen molar-refractivity contribution in [3.05, 3.63) is 65.0 Å². The average Bonchev–Trinajstić information content (AvgIpc) is 2.52. The van der Waals surface area contributed by atoms with Crippen molar-refractivity contribution in [2.45, 2.75) is 19.8 Å². The Morgan fingerprint density at radius 2 is 1.82 bits per heavy atom. The van der Waals surface area contributed by atoms with Gasteiger partial charge in [0.2, 0.25) is 0 Å². The van der Waals surface area contributed by atoms with Gasteiger partial charge in [0.1, 0.15) is 5.82 Å². The standard InChI is InChI=1S/C19H17FO2/c1-2-22-19(21)10-4-13-3-8-17-14(11-13)5-6-15-12-16(20)7-9-18(15)17/h3-4,7-12H,2,5-6H2,1H3. The van der Waals surface area contributed by atoms with E-state index in [1.165, 1.54) is 17.7 Å². The molecule has 2 nitrogen and oxygen atoms in total. The van der Waals surface area contributed by atoms with Crippen molar-refractivity contribution in [3.8, 4) is 11.1 Å². The lowest BCUT2D eigenvalue weighted by Gasteiger charge is -2.20. The Hall–Kier alpha value is -2.42. The van der Waals surface area contributed by atoms with E-state index in [0.717, 1.165) is 35.1 Å². The average molecular weight is 296 g/mol. The molecule has 0 amide bonds. The molecule has 0 unspecified atom stereocenters. The normalized spacial score (nSPS) is 12.8. The van der Waals surface area contributed by atoms with E-state index in [1.807, 2.05) is 18.2 Å². The molecule has 1 aliphatic carbocycles. The zero-order valence-electron chi connectivity index (χ0n) is 12.4. The van der Waals surface area contributed by atoms with Crippen molar-refractivity contribution in [3.63, 3.8) is 0 Å². The van der Waals surface area contributed by atoms with E-state index < -0.39 is 0 Å². The molecule has 0 aromatic heterocycles. The molecule has 0 saturated heterocycles. The van der Waals surface area contributed by atoms with Crippen molar-refractivity contribution in [2.24, 2.45) is 0 Å². The van der Waals surface area contributed by atoms with Gasteiger partial charge in [-0.25, -0.2) is 9.18 Å². The summed E-state index contributed by atoms with van der Waals surface area (Å²) >= 11 is 0. The maximum absolute atomic E-state index is 13.3. The third-order valence-electron chi connectivity index (χ3n) is 3.85. The minimum absolute atomic E-state index is 0.184. The van der Waals surface area contributed by atoms with Crippen LogP contribution in [0.3, 0.4) is 0 Å². The van der Waals surface area contributed by atoms with Crippen LogP contribution >= 0.6 is 0 Å². The molecular weight excluding hydrogens is 279 g/mol. The van der Waals surface area contributed by atoms with Gasteiger partial charge in [0.05, 0.1) is 6.61 Å².